The second kappa shape index (κ2) is 22.0. The van der Waals surface area contributed by atoms with Crippen molar-refractivity contribution in [1.29, 1.82) is 0 Å². The average molecular weight is 821 g/mol. The molecular formula is C45H61FN4O7S. The number of rotatable bonds is 21. The first-order chi connectivity index (χ1) is 27.6. The number of hydrogen-bond acceptors (Lipinski definition) is 9. The quantitative estimate of drug-likeness (QED) is 0.103. The van der Waals surface area contributed by atoms with Crippen LogP contribution in [0.25, 0.3) is 0 Å². The van der Waals surface area contributed by atoms with Crippen LogP contribution in [0.1, 0.15) is 119 Å². The summed E-state index contributed by atoms with van der Waals surface area (Å²) in [6.07, 6.45) is 3.38. The molecule has 1 aliphatic rings. The highest BCUT2D eigenvalue weighted by atomic mass is 32.1. The Hall–Kier alpha value is -4.49. The number of ketones is 1. The van der Waals surface area contributed by atoms with Crippen LogP contribution in [0.2, 0.25) is 0 Å². The molecular weight excluding hydrogens is 760 g/mol. The molecule has 7 atom stereocenters. The number of aliphatic carboxylic acids is 1. The lowest BCUT2D eigenvalue weighted by Crippen LogP contribution is -2.49. The van der Waals surface area contributed by atoms with Crippen molar-refractivity contribution in [2.45, 2.75) is 124 Å². The zero-order valence-electron chi connectivity index (χ0n) is 35.0. The fourth-order valence-corrected chi connectivity index (χ4v) is 8.65. The van der Waals surface area contributed by atoms with Gasteiger partial charge >= 0.3 is 11.9 Å². The van der Waals surface area contributed by atoms with E-state index >= 15 is 4.79 Å². The molecule has 3 aromatic rings. The second-order valence-corrected chi connectivity index (χ2v) is 17.2. The summed E-state index contributed by atoms with van der Waals surface area (Å²) in [4.78, 5) is 75.5. The number of nitrogens with zero attached hydrogens (tertiary/aromatic N) is 3. The molecule has 0 spiro atoms. The maximum Gasteiger partial charge on any atom is 0.306 e. The largest absolute Gasteiger partial charge is 0.481 e. The zero-order chi connectivity index (χ0) is 42.5. The second-order valence-electron chi connectivity index (χ2n) is 16.3. The maximum absolute atomic E-state index is 15.0. The van der Waals surface area contributed by atoms with E-state index in [1.54, 1.807) is 24.4 Å². The molecule has 2 amide bonds. The summed E-state index contributed by atoms with van der Waals surface area (Å²) in [6.45, 7) is 12.1. The van der Waals surface area contributed by atoms with Crippen LogP contribution in [-0.4, -0.2) is 81.1 Å². The lowest BCUT2D eigenvalue weighted by Gasteiger charge is -2.40. The first-order valence-electron chi connectivity index (χ1n) is 20.6. The van der Waals surface area contributed by atoms with Gasteiger partial charge in [-0.05, 0) is 74.4 Å². The molecule has 0 saturated carbocycles. The number of amides is 2. The number of thiazole rings is 1. The number of carbonyl (C=O) groups is 5. The summed E-state index contributed by atoms with van der Waals surface area (Å²) in [5.41, 5.74) is 1.73. The van der Waals surface area contributed by atoms with Crippen molar-refractivity contribution < 1.29 is 38.2 Å². The Balaban J connectivity index is 1.64. The van der Waals surface area contributed by atoms with Gasteiger partial charge in [-0.3, -0.25) is 28.9 Å². The summed E-state index contributed by atoms with van der Waals surface area (Å²) in [7, 11) is 1.98. The number of esters is 1. The van der Waals surface area contributed by atoms with Crippen molar-refractivity contribution in [1.82, 2.24) is 20.1 Å². The lowest BCUT2D eigenvalue weighted by atomic mass is 9.82. The van der Waals surface area contributed by atoms with Crippen LogP contribution in [0.5, 0.6) is 0 Å². The number of carbonyl (C=O) groups excluding carboxylic acids is 4. The molecule has 316 valence electrons. The standard InChI is InChI=1S/C45H61FN4O7S/c1-8-29(4)36(24-40(52)38-16-12-13-21-49(38)7)44(54)50(26-33-14-10-9-11-15-33)39(28(2)3)25-41(57-31(6)51)43-48-37(27-58-43)42(53)47-35(22-30(5)45(55)56)23-32-17-19-34(46)20-18-32/h9-11,14-15,17-20,27-30,35-36,38-39,41H,8,12-13,16,21-26H2,1-7H3,(H,47,53)(H,55,56)/t29?,30-,35+,36?,38?,39+,41+/m0/s1. The van der Waals surface area contributed by atoms with Crippen LogP contribution in [-0.2, 0) is 36.9 Å². The number of hydrogen-bond donors (Lipinski definition) is 2. The van der Waals surface area contributed by atoms with Gasteiger partial charge in [0.05, 0.1) is 12.0 Å². The number of carboxylic acid groups (broad SMARTS) is 1. The van der Waals surface area contributed by atoms with Gasteiger partial charge in [0, 0.05) is 49.7 Å². The molecule has 1 fully saturated rings. The number of halogens is 1. The van der Waals surface area contributed by atoms with Gasteiger partial charge in [-0.25, -0.2) is 9.37 Å². The molecule has 11 nitrogen and oxygen atoms in total. The van der Waals surface area contributed by atoms with E-state index in [9.17, 15) is 28.7 Å². The van der Waals surface area contributed by atoms with Crippen molar-refractivity contribution in [2.24, 2.45) is 23.7 Å². The van der Waals surface area contributed by atoms with Gasteiger partial charge in [0.2, 0.25) is 5.91 Å². The number of aromatic nitrogens is 1. The fourth-order valence-electron chi connectivity index (χ4n) is 7.81. The minimum Gasteiger partial charge on any atom is -0.481 e. The van der Waals surface area contributed by atoms with Crippen molar-refractivity contribution in [2.75, 3.05) is 13.6 Å². The molecule has 2 N–H and O–H groups in total. The highest BCUT2D eigenvalue weighted by Gasteiger charge is 2.39. The molecule has 2 aromatic carbocycles. The Morgan fingerprint density at radius 1 is 1.00 bits per heavy atom. The van der Waals surface area contributed by atoms with Gasteiger partial charge in [-0.15, -0.1) is 11.3 Å². The summed E-state index contributed by atoms with van der Waals surface area (Å²) in [6, 6.07) is 14.3. The van der Waals surface area contributed by atoms with E-state index in [-0.39, 0.29) is 67.5 Å². The third-order valence-corrected chi connectivity index (χ3v) is 12.4. The lowest BCUT2D eigenvalue weighted by molar-refractivity contribution is -0.150. The number of nitrogens with one attached hydrogen (secondary N) is 1. The molecule has 0 aliphatic carbocycles. The number of ether oxygens (including phenoxy) is 1. The predicted molar refractivity (Wildman–Crippen MR) is 222 cm³/mol. The summed E-state index contributed by atoms with van der Waals surface area (Å²) < 4.78 is 19.5. The van der Waals surface area contributed by atoms with Crippen molar-refractivity contribution in [3.63, 3.8) is 0 Å². The van der Waals surface area contributed by atoms with E-state index in [2.05, 4.69) is 15.2 Å². The van der Waals surface area contributed by atoms with E-state index in [1.165, 1.54) is 19.1 Å². The van der Waals surface area contributed by atoms with Gasteiger partial charge in [-0.1, -0.05) is 89.9 Å². The molecule has 58 heavy (non-hydrogen) atoms. The van der Waals surface area contributed by atoms with Crippen molar-refractivity contribution >= 4 is 40.9 Å². The van der Waals surface area contributed by atoms with Crippen LogP contribution in [0.15, 0.2) is 60.0 Å². The van der Waals surface area contributed by atoms with Gasteiger partial charge in [0.15, 0.2) is 11.9 Å². The molecule has 0 radical (unpaired) electrons. The molecule has 3 unspecified atom stereocenters. The topological polar surface area (TPSA) is 146 Å². The van der Waals surface area contributed by atoms with E-state index in [0.717, 1.165) is 54.7 Å². The summed E-state index contributed by atoms with van der Waals surface area (Å²) in [5, 5.41) is 14.5. The van der Waals surface area contributed by atoms with Gasteiger partial charge < -0.3 is 20.1 Å². The van der Waals surface area contributed by atoms with E-state index in [4.69, 9.17) is 4.74 Å². The van der Waals surface area contributed by atoms with Crippen LogP contribution < -0.4 is 5.32 Å². The number of carboxylic acids is 1. The Bertz CT molecular complexity index is 1820. The minimum absolute atomic E-state index is 0.0638. The number of Topliss-reactive ketones (excluding diaryl/α,β-unsaturated/α-hetero) is 1. The van der Waals surface area contributed by atoms with E-state index in [0.29, 0.717) is 5.01 Å². The summed E-state index contributed by atoms with van der Waals surface area (Å²) >= 11 is 1.16. The molecule has 2 heterocycles. The minimum atomic E-state index is -1.00. The third-order valence-electron chi connectivity index (χ3n) is 11.4. The monoisotopic (exact) mass is 820 g/mol. The average Bonchev–Trinajstić information content (AvgIpc) is 3.69. The van der Waals surface area contributed by atoms with E-state index < -0.39 is 53.7 Å². The SMILES string of the molecule is CCC(C)C(CC(=O)C1CCCCN1C)C(=O)N(Cc1ccccc1)[C@H](C[C@@H](OC(C)=O)c1nc(C(=O)N[C@@H](Cc2ccc(F)cc2)C[C@H](C)C(=O)O)cs1)C(C)C. The molecule has 0 bridgehead atoms. The molecule has 1 saturated heterocycles. The number of likely N-dealkylation sites (tertiary alicyclic amines) is 1. The van der Waals surface area contributed by atoms with Crippen LogP contribution in [0.3, 0.4) is 0 Å². The van der Waals surface area contributed by atoms with Crippen molar-refractivity contribution in [3.05, 3.63) is 87.6 Å². The molecule has 1 aliphatic heterocycles. The highest BCUT2D eigenvalue weighted by molar-refractivity contribution is 7.09. The Labute approximate surface area is 346 Å². The zero-order valence-corrected chi connectivity index (χ0v) is 35.8. The summed E-state index contributed by atoms with van der Waals surface area (Å²) in [5.74, 6) is -3.98. The molecule has 13 heteroatoms. The predicted octanol–water partition coefficient (Wildman–Crippen LogP) is 7.89. The molecule has 4 rings (SSSR count). The highest BCUT2D eigenvalue weighted by Crippen LogP contribution is 2.34. The van der Waals surface area contributed by atoms with Crippen molar-refractivity contribution in [3.8, 4) is 0 Å². The van der Waals surface area contributed by atoms with Crippen LogP contribution in [0, 0.1) is 29.5 Å². The van der Waals surface area contributed by atoms with Gasteiger partial charge in [0.25, 0.3) is 5.91 Å². The Morgan fingerprint density at radius 2 is 1.69 bits per heavy atom. The maximum atomic E-state index is 15.0. The first kappa shape index (κ1) is 46.2. The first-order valence-corrected chi connectivity index (χ1v) is 21.4. The Morgan fingerprint density at radius 3 is 2.29 bits per heavy atom. The van der Waals surface area contributed by atoms with Gasteiger partial charge in [0.1, 0.15) is 16.5 Å². The number of benzene rings is 2. The van der Waals surface area contributed by atoms with Crippen LogP contribution in [0.4, 0.5) is 4.39 Å². The third kappa shape index (κ3) is 13.3. The Kier molecular flexibility index (Phi) is 17.6. The smallest absolute Gasteiger partial charge is 0.306 e. The molecule has 1 aromatic heterocycles. The number of likely N-dealkylation sites (N-methyl/N-ethyl adjacent to an activating group) is 1. The normalized spacial score (nSPS) is 17.7. The fraction of sp³-hybridized carbons (Fsp3) is 0.556. The van der Waals surface area contributed by atoms with E-state index in [1.807, 2.05) is 70.0 Å². The van der Waals surface area contributed by atoms with Crippen LogP contribution >= 0.6 is 11.3 Å². The number of piperidine rings is 1. The van der Waals surface area contributed by atoms with Gasteiger partial charge in [-0.2, -0.15) is 0 Å².